The van der Waals surface area contributed by atoms with Crippen molar-refractivity contribution >= 4 is 15.7 Å². The summed E-state index contributed by atoms with van der Waals surface area (Å²) in [5, 5.41) is 8.37. The molecule has 0 unspecified atom stereocenters. The summed E-state index contributed by atoms with van der Waals surface area (Å²) in [5.74, 6) is 0.0834. The molecule has 0 aromatic heterocycles. The van der Waals surface area contributed by atoms with Gasteiger partial charge in [0.1, 0.15) is 0 Å². The molecule has 0 radical (unpaired) electrons. The summed E-state index contributed by atoms with van der Waals surface area (Å²) >= 11 is 0. The fourth-order valence-electron chi connectivity index (χ4n) is 1.42. The quantitative estimate of drug-likeness (QED) is 0.729. The van der Waals surface area contributed by atoms with Crippen LogP contribution in [0.4, 0.5) is 5.69 Å². The monoisotopic (exact) mass is 252 g/mol. The van der Waals surface area contributed by atoms with Crippen LogP contribution in [0.5, 0.6) is 0 Å². The van der Waals surface area contributed by atoms with Crippen molar-refractivity contribution < 1.29 is 8.42 Å². The topological polar surface area (TPSA) is 61.2 Å². The van der Waals surface area contributed by atoms with Crippen LogP contribution in [0.1, 0.15) is 19.3 Å². The highest BCUT2D eigenvalue weighted by Gasteiger charge is 2.17. The second-order valence-corrected chi connectivity index (χ2v) is 5.85. The third-order valence-corrected chi connectivity index (χ3v) is 4.33. The summed E-state index contributed by atoms with van der Waals surface area (Å²) in [6.45, 7) is 0. The van der Waals surface area contributed by atoms with E-state index < -0.39 is 10.0 Å². The summed E-state index contributed by atoms with van der Waals surface area (Å²) in [5.41, 5.74) is 0.660. The van der Waals surface area contributed by atoms with Crippen LogP contribution in [-0.4, -0.2) is 21.2 Å². The Morgan fingerprint density at radius 1 is 1.24 bits per heavy atom. The molecule has 0 aliphatic heterocycles. The lowest BCUT2D eigenvalue weighted by Gasteiger charge is -2.19. The Bertz CT molecular complexity index is 477. The van der Waals surface area contributed by atoms with Gasteiger partial charge in [-0.2, -0.15) is 5.26 Å². The van der Waals surface area contributed by atoms with E-state index in [1.807, 2.05) is 12.1 Å². The molecule has 0 heterocycles. The number of nitriles is 1. The first-order chi connectivity index (χ1) is 8.08. The molecule has 0 aliphatic rings. The predicted molar refractivity (Wildman–Crippen MR) is 68.1 cm³/mol. The van der Waals surface area contributed by atoms with Gasteiger partial charge in [0.15, 0.2) is 0 Å². The largest absolute Gasteiger partial charge is 0.273 e. The van der Waals surface area contributed by atoms with E-state index in [-0.39, 0.29) is 5.75 Å². The summed E-state index contributed by atoms with van der Waals surface area (Å²) in [7, 11) is -1.72. The number of hydrogen-bond donors (Lipinski definition) is 0. The summed E-state index contributed by atoms with van der Waals surface area (Å²) in [6.07, 6.45) is 1.55. The molecule has 0 aliphatic carbocycles. The molecule has 1 aromatic carbocycles. The Morgan fingerprint density at radius 3 is 2.47 bits per heavy atom. The van der Waals surface area contributed by atoms with Gasteiger partial charge < -0.3 is 0 Å². The molecule has 0 spiro atoms. The second-order valence-electron chi connectivity index (χ2n) is 3.73. The molecule has 1 rings (SSSR count). The zero-order valence-corrected chi connectivity index (χ0v) is 10.7. The molecular weight excluding hydrogens is 236 g/mol. The van der Waals surface area contributed by atoms with E-state index in [2.05, 4.69) is 0 Å². The Kier molecular flexibility index (Phi) is 4.98. The van der Waals surface area contributed by atoms with E-state index >= 15 is 0 Å². The van der Waals surface area contributed by atoms with Gasteiger partial charge >= 0.3 is 0 Å². The minimum absolute atomic E-state index is 0.0834. The lowest BCUT2D eigenvalue weighted by molar-refractivity contribution is 0.590. The molecule has 5 heteroatoms. The lowest BCUT2D eigenvalue weighted by Crippen LogP contribution is -2.28. The van der Waals surface area contributed by atoms with E-state index in [1.54, 1.807) is 31.3 Å². The third kappa shape index (κ3) is 4.08. The maximum Gasteiger partial charge on any atom is 0.234 e. The fraction of sp³-hybridized carbons (Fsp3) is 0.417. The molecule has 0 saturated heterocycles. The van der Waals surface area contributed by atoms with Crippen molar-refractivity contribution in [1.82, 2.24) is 0 Å². The van der Waals surface area contributed by atoms with Crippen LogP contribution in [-0.2, 0) is 10.0 Å². The van der Waals surface area contributed by atoms with Gasteiger partial charge in [0.05, 0.1) is 17.5 Å². The first-order valence-corrected chi connectivity index (χ1v) is 7.07. The zero-order chi connectivity index (χ0) is 12.7. The minimum atomic E-state index is -3.27. The number of nitrogens with zero attached hydrogens (tertiary/aromatic N) is 2. The maximum absolute atomic E-state index is 11.9. The Balaban J connectivity index is 2.62. The lowest BCUT2D eigenvalue weighted by atomic mass is 10.3. The minimum Gasteiger partial charge on any atom is -0.273 e. The molecule has 17 heavy (non-hydrogen) atoms. The first-order valence-electron chi connectivity index (χ1n) is 5.46. The average Bonchev–Trinajstić information content (AvgIpc) is 2.35. The van der Waals surface area contributed by atoms with Crippen LogP contribution < -0.4 is 4.31 Å². The van der Waals surface area contributed by atoms with Crippen molar-refractivity contribution in [1.29, 1.82) is 5.26 Å². The molecule has 0 N–H and O–H groups in total. The van der Waals surface area contributed by atoms with Crippen molar-refractivity contribution in [3.63, 3.8) is 0 Å². The van der Waals surface area contributed by atoms with Gasteiger partial charge in [-0.25, -0.2) is 8.42 Å². The van der Waals surface area contributed by atoms with Gasteiger partial charge in [-0.1, -0.05) is 18.2 Å². The van der Waals surface area contributed by atoms with Gasteiger partial charge in [0, 0.05) is 13.5 Å². The molecule has 4 nitrogen and oxygen atoms in total. The maximum atomic E-state index is 11.9. The normalized spacial score (nSPS) is 10.8. The van der Waals surface area contributed by atoms with Crippen molar-refractivity contribution in [2.24, 2.45) is 0 Å². The van der Waals surface area contributed by atoms with Crippen LogP contribution in [0.3, 0.4) is 0 Å². The Labute approximate surface area is 103 Å². The summed E-state index contributed by atoms with van der Waals surface area (Å²) in [4.78, 5) is 0. The van der Waals surface area contributed by atoms with Crippen molar-refractivity contribution in [3.8, 4) is 6.07 Å². The standard InChI is InChI=1S/C12H16N2O2S/c1-14(12-8-4-2-5-9-12)17(15,16)11-7-3-6-10-13/h2,4-5,8-9H,3,6-7,11H2,1H3. The highest BCUT2D eigenvalue weighted by molar-refractivity contribution is 7.92. The SMILES string of the molecule is CN(c1ccccc1)S(=O)(=O)CCCCC#N. The Morgan fingerprint density at radius 2 is 1.88 bits per heavy atom. The van der Waals surface area contributed by atoms with Gasteiger partial charge in [-0.05, 0) is 25.0 Å². The number of para-hydroxylation sites is 1. The first kappa shape index (κ1) is 13.5. The van der Waals surface area contributed by atoms with E-state index in [9.17, 15) is 8.42 Å². The van der Waals surface area contributed by atoms with Crippen molar-refractivity contribution in [3.05, 3.63) is 30.3 Å². The van der Waals surface area contributed by atoms with E-state index in [1.165, 1.54) is 4.31 Å². The number of sulfonamides is 1. The highest BCUT2D eigenvalue weighted by atomic mass is 32.2. The summed E-state index contributed by atoms with van der Waals surface area (Å²) in [6, 6.07) is 11.0. The number of benzene rings is 1. The number of unbranched alkanes of at least 4 members (excludes halogenated alkanes) is 2. The van der Waals surface area contributed by atoms with E-state index in [4.69, 9.17) is 5.26 Å². The molecular formula is C12H16N2O2S. The molecule has 0 fully saturated rings. The van der Waals surface area contributed by atoms with Crippen molar-refractivity contribution in [2.45, 2.75) is 19.3 Å². The molecule has 1 aromatic rings. The smallest absolute Gasteiger partial charge is 0.234 e. The van der Waals surface area contributed by atoms with Crippen LogP contribution in [0.2, 0.25) is 0 Å². The third-order valence-electron chi connectivity index (χ3n) is 2.48. The van der Waals surface area contributed by atoms with Gasteiger partial charge in [0.2, 0.25) is 10.0 Å². The molecule has 0 amide bonds. The van der Waals surface area contributed by atoms with E-state index in [0.29, 0.717) is 24.9 Å². The average molecular weight is 252 g/mol. The highest BCUT2D eigenvalue weighted by Crippen LogP contribution is 2.16. The second kappa shape index (κ2) is 6.26. The van der Waals surface area contributed by atoms with Crippen LogP contribution in [0.15, 0.2) is 30.3 Å². The fourth-order valence-corrected chi connectivity index (χ4v) is 2.71. The van der Waals surface area contributed by atoms with Gasteiger partial charge in [-0.15, -0.1) is 0 Å². The molecule has 0 atom stereocenters. The predicted octanol–water partition coefficient (Wildman–Crippen LogP) is 2.15. The Hall–Kier alpha value is -1.54. The van der Waals surface area contributed by atoms with Crippen LogP contribution in [0, 0.1) is 11.3 Å². The number of rotatable bonds is 6. The van der Waals surface area contributed by atoms with Gasteiger partial charge in [0.25, 0.3) is 0 Å². The zero-order valence-electron chi connectivity index (χ0n) is 9.83. The number of hydrogen-bond acceptors (Lipinski definition) is 3. The van der Waals surface area contributed by atoms with Gasteiger partial charge in [-0.3, -0.25) is 4.31 Å². The molecule has 0 bridgehead atoms. The molecule has 0 saturated carbocycles. The molecule has 92 valence electrons. The van der Waals surface area contributed by atoms with Crippen LogP contribution in [0.25, 0.3) is 0 Å². The van der Waals surface area contributed by atoms with Crippen molar-refractivity contribution in [2.75, 3.05) is 17.1 Å². The van der Waals surface area contributed by atoms with E-state index in [0.717, 1.165) is 0 Å². The summed E-state index contributed by atoms with van der Waals surface area (Å²) < 4.78 is 25.2. The van der Waals surface area contributed by atoms with Crippen LogP contribution >= 0.6 is 0 Å². The number of anilines is 1.